The molecule has 5 N–H and O–H groups in total. The SMILES string of the molecule is NC(=O)C[C@@H]1[C@H](O)[C@H](O)[C@@H](CO)N1CCN1CCCCC1. The van der Waals surface area contributed by atoms with Crippen molar-refractivity contribution in [1.29, 1.82) is 0 Å². The van der Waals surface area contributed by atoms with Crippen molar-refractivity contribution in [3.8, 4) is 0 Å². The zero-order chi connectivity index (χ0) is 15.4. The molecule has 0 aromatic heterocycles. The second-order valence-electron chi connectivity index (χ2n) is 6.11. The summed E-state index contributed by atoms with van der Waals surface area (Å²) in [5, 5.41) is 29.6. The normalized spacial score (nSPS) is 35.2. The highest BCUT2D eigenvalue weighted by atomic mass is 16.3. The first kappa shape index (κ1) is 16.6. The van der Waals surface area contributed by atoms with Gasteiger partial charge in [-0.2, -0.15) is 0 Å². The van der Waals surface area contributed by atoms with Crippen LogP contribution < -0.4 is 5.73 Å². The molecule has 0 aliphatic carbocycles. The molecule has 2 heterocycles. The van der Waals surface area contributed by atoms with Crippen LogP contribution in [0.15, 0.2) is 0 Å². The Labute approximate surface area is 125 Å². The van der Waals surface area contributed by atoms with E-state index < -0.39 is 30.2 Å². The van der Waals surface area contributed by atoms with Gasteiger partial charge in [0.25, 0.3) is 0 Å². The van der Waals surface area contributed by atoms with Gasteiger partial charge in [-0.25, -0.2) is 0 Å². The minimum Gasteiger partial charge on any atom is -0.395 e. The number of hydrogen-bond acceptors (Lipinski definition) is 6. The van der Waals surface area contributed by atoms with E-state index in [1.165, 1.54) is 19.3 Å². The summed E-state index contributed by atoms with van der Waals surface area (Å²) in [6, 6.07) is -1.05. The smallest absolute Gasteiger partial charge is 0.219 e. The molecule has 4 atom stereocenters. The van der Waals surface area contributed by atoms with Crippen molar-refractivity contribution in [3.63, 3.8) is 0 Å². The van der Waals surface area contributed by atoms with Crippen molar-refractivity contribution >= 4 is 5.91 Å². The van der Waals surface area contributed by atoms with E-state index in [0.717, 1.165) is 19.6 Å². The highest BCUT2D eigenvalue weighted by Crippen LogP contribution is 2.27. The fraction of sp³-hybridized carbons (Fsp3) is 0.929. The van der Waals surface area contributed by atoms with Gasteiger partial charge in [-0.1, -0.05) is 6.42 Å². The summed E-state index contributed by atoms with van der Waals surface area (Å²) >= 11 is 0. The van der Waals surface area contributed by atoms with Crippen LogP contribution in [0, 0.1) is 0 Å². The zero-order valence-corrected chi connectivity index (χ0v) is 12.4. The molecule has 21 heavy (non-hydrogen) atoms. The molecular formula is C14H27N3O4. The Kier molecular flexibility index (Phi) is 5.95. The number of hydrogen-bond donors (Lipinski definition) is 4. The maximum absolute atomic E-state index is 11.2. The number of carbonyl (C=O) groups excluding carboxylic acids is 1. The molecule has 7 nitrogen and oxygen atoms in total. The highest BCUT2D eigenvalue weighted by molar-refractivity contribution is 5.74. The summed E-state index contributed by atoms with van der Waals surface area (Å²) in [5.41, 5.74) is 5.24. The fourth-order valence-corrected chi connectivity index (χ4v) is 3.52. The number of nitrogens with zero attached hydrogens (tertiary/aromatic N) is 2. The van der Waals surface area contributed by atoms with Crippen LogP contribution in [-0.4, -0.2) is 88.1 Å². The molecule has 0 aromatic carbocycles. The maximum atomic E-state index is 11.2. The molecule has 2 rings (SSSR count). The Morgan fingerprint density at radius 1 is 1.05 bits per heavy atom. The van der Waals surface area contributed by atoms with E-state index in [-0.39, 0.29) is 13.0 Å². The van der Waals surface area contributed by atoms with Gasteiger partial charge in [-0.15, -0.1) is 0 Å². The van der Waals surface area contributed by atoms with Crippen molar-refractivity contribution in [2.75, 3.05) is 32.8 Å². The van der Waals surface area contributed by atoms with Gasteiger partial charge in [0.15, 0.2) is 0 Å². The molecule has 0 radical (unpaired) electrons. The lowest BCUT2D eigenvalue weighted by atomic mass is 10.1. The fourth-order valence-electron chi connectivity index (χ4n) is 3.52. The largest absolute Gasteiger partial charge is 0.395 e. The van der Waals surface area contributed by atoms with Gasteiger partial charge in [-0.3, -0.25) is 9.69 Å². The molecule has 2 aliphatic heterocycles. The molecule has 0 spiro atoms. The molecule has 0 unspecified atom stereocenters. The van der Waals surface area contributed by atoms with E-state index in [2.05, 4.69) is 4.90 Å². The monoisotopic (exact) mass is 301 g/mol. The summed E-state index contributed by atoms with van der Waals surface area (Å²) in [7, 11) is 0. The van der Waals surface area contributed by atoms with Gasteiger partial charge in [0.1, 0.15) is 0 Å². The average molecular weight is 301 g/mol. The molecule has 0 aromatic rings. The number of piperidine rings is 1. The second kappa shape index (κ2) is 7.51. The third kappa shape index (κ3) is 3.92. The number of aliphatic hydroxyl groups is 3. The van der Waals surface area contributed by atoms with Crippen molar-refractivity contribution in [1.82, 2.24) is 9.80 Å². The summed E-state index contributed by atoms with van der Waals surface area (Å²) in [5.74, 6) is -0.507. The summed E-state index contributed by atoms with van der Waals surface area (Å²) in [4.78, 5) is 15.4. The first-order chi connectivity index (χ1) is 10.0. The highest BCUT2D eigenvalue weighted by Gasteiger charge is 2.47. The predicted molar refractivity (Wildman–Crippen MR) is 77.5 cm³/mol. The minimum atomic E-state index is -1.05. The third-order valence-corrected chi connectivity index (χ3v) is 4.71. The summed E-state index contributed by atoms with van der Waals surface area (Å²) < 4.78 is 0. The third-order valence-electron chi connectivity index (χ3n) is 4.71. The molecule has 2 saturated heterocycles. The van der Waals surface area contributed by atoms with Crippen LogP contribution in [0.1, 0.15) is 25.7 Å². The van der Waals surface area contributed by atoms with E-state index in [9.17, 15) is 20.1 Å². The number of rotatable bonds is 6. The Morgan fingerprint density at radius 2 is 1.67 bits per heavy atom. The van der Waals surface area contributed by atoms with E-state index in [1.54, 1.807) is 0 Å². The standard InChI is InChI=1S/C14H27N3O4/c15-12(19)8-10-13(20)14(21)11(9-18)17(10)7-6-16-4-2-1-3-5-16/h10-11,13-14,18,20-21H,1-9H2,(H2,15,19)/t10-,11-,13+,14-/m1/s1. The summed E-state index contributed by atoms with van der Waals surface area (Å²) in [6.07, 6.45) is 1.56. The van der Waals surface area contributed by atoms with Crippen molar-refractivity contribution < 1.29 is 20.1 Å². The minimum absolute atomic E-state index is 0.00523. The van der Waals surface area contributed by atoms with Crippen LogP contribution >= 0.6 is 0 Å². The first-order valence-electron chi connectivity index (χ1n) is 7.78. The van der Waals surface area contributed by atoms with E-state index in [4.69, 9.17) is 5.73 Å². The number of aliphatic hydroxyl groups excluding tert-OH is 3. The Morgan fingerprint density at radius 3 is 2.24 bits per heavy atom. The molecule has 7 heteroatoms. The van der Waals surface area contributed by atoms with Gasteiger partial charge in [0.2, 0.25) is 5.91 Å². The van der Waals surface area contributed by atoms with Gasteiger partial charge in [0, 0.05) is 25.6 Å². The number of primary amides is 1. The molecule has 2 aliphatic rings. The molecule has 0 bridgehead atoms. The van der Waals surface area contributed by atoms with Crippen molar-refractivity contribution in [2.45, 2.75) is 50.0 Å². The number of amides is 1. The molecular weight excluding hydrogens is 274 g/mol. The average Bonchev–Trinajstić information content (AvgIpc) is 2.69. The van der Waals surface area contributed by atoms with Crippen LogP contribution in [0.5, 0.6) is 0 Å². The lowest BCUT2D eigenvalue weighted by Gasteiger charge is -2.33. The van der Waals surface area contributed by atoms with Gasteiger partial charge < -0.3 is 26.0 Å². The topological polar surface area (TPSA) is 110 Å². The number of carbonyl (C=O) groups is 1. The number of nitrogens with two attached hydrogens (primary N) is 1. The molecule has 122 valence electrons. The van der Waals surface area contributed by atoms with Crippen LogP contribution in [0.4, 0.5) is 0 Å². The van der Waals surface area contributed by atoms with Crippen molar-refractivity contribution in [3.05, 3.63) is 0 Å². The van der Waals surface area contributed by atoms with Crippen LogP contribution in [0.3, 0.4) is 0 Å². The quantitative estimate of drug-likeness (QED) is 0.457. The van der Waals surface area contributed by atoms with E-state index in [0.29, 0.717) is 6.54 Å². The first-order valence-corrected chi connectivity index (χ1v) is 7.78. The lowest BCUT2D eigenvalue weighted by molar-refractivity contribution is -0.120. The Hall–Kier alpha value is -0.730. The lowest BCUT2D eigenvalue weighted by Crippen LogP contribution is -2.47. The Balaban J connectivity index is 1.98. The Bertz CT molecular complexity index is 349. The zero-order valence-electron chi connectivity index (χ0n) is 12.4. The van der Waals surface area contributed by atoms with Crippen LogP contribution in [-0.2, 0) is 4.79 Å². The van der Waals surface area contributed by atoms with Crippen molar-refractivity contribution in [2.24, 2.45) is 5.73 Å². The van der Waals surface area contributed by atoms with Crippen LogP contribution in [0.25, 0.3) is 0 Å². The van der Waals surface area contributed by atoms with Gasteiger partial charge >= 0.3 is 0 Å². The number of likely N-dealkylation sites (tertiary alicyclic amines) is 2. The van der Waals surface area contributed by atoms with Gasteiger partial charge in [0.05, 0.1) is 24.9 Å². The van der Waals surface area contributed by atoms with E-state index >= 15 is 0 Å². The van der Waals surface area contributed by atoms with E-state index in [1.807, 2.05) is 4.90 Å². The molecule has 0 saturated carbocycles. The predicted octanol–water partition coefficient (Wildman–Crippen LogP) is -1.89. The second-order valence-corrected chi connectivity index (χ2v) is 6.11. The van der Waals surface area contributed by atoms with Gasteiger partial charge in [-0.05, 0) is 25.9 Å². The van der Waals surface area contributed by atoms with Crippen LogP contribution in [0.2, 0.25) is 0 Å². The summed E-state index contributed by atoms with van der Waals surface area (Å²) in [6.45, 7) is 3.29. The molecule has 2 fully saturated rings. The maximum Gasteiger partial charge on any atom is 0.219 e. The molecule has 1 amide bonds.